The fraction of sp³-hybridized carbons (Fsp3) is 0.471. The number of hydrogen-bond acceptors (Lipinski definition) is 7. The highest BCUT2D eigenvalue weighted by molar-refractivity contribution is 7.89. The standard InChI is InChI=1S/C17H19F3N4O5S/c1-28-12-5-3-10(16(25)29-2)7-13(12)30(26,27)21-8-15-23-22-14-6-4-11(9-24(14)15)17(18,19)20/h3,5,7,11,21H,4,6,8-9H2,1-2H3. The largest absolute Gasteiger partial charge is 0.495 e. The minimum Gasteiger partial charge on any atom is -0.495 e. The number of methoxy groups -OCH3 is 2. The number of alkyl halides is 3. The quantitative estimate of drug-likeness (QED) is 0.669. The van der Waals surface area contributed by atoms with Crippen LogP contribution in [0.25, 0.3) is 0 Å². The average molecular weight is 448 g/mol. The van der Waals surface area contributed by atoms with Gasteiger partial charge in [0, 0.05) is 13.0 Å². The first-order valence-electron chi connectivity index (χ1n) is 8.80. The van der Waals surface area contributed by atoms with Gasteiger partial charge in [-0.15, -0.1) is 10.2 Å². The molecule has 30 heavy (non-hydrogen) atoms. The van der Waals surface area contributed by atoms with Gasteiger partial charge in [0.1, 0.15) is 22.3 Å². The maximum atomic E-state index is 13.1. The average Bonchev–Trinajstić information content (AvgIpc) is 3.13. The predicted octanol–water partition coefficient (Wildman–Crippen LogP) is 1.68. The van der Waals surface area contributed by atoms with Crippen molar-refractivity contribution < 1.29 is 35.9 Å². The molecular formula is C17H19F3N4O5S. The zero-order valence-electron chi connectivity index (χ0n) is 16.1. The molecule has 9 nitrogen and oxygen atoms in total. The number of aromatic nitrogens is 3. The molecular weight excluding hydrogens is 429 g/mol. The number of sulfonamides is 1. The van der Waals surface area contributed by atoms with Gasteiger partial charge in [-0.25, -0.2) is 17.9 Å². The Labute approximate surface area is 170 Å². The number of ether oxygens (including phenoxy) is 2. The highest BCUT2D eigenvalue weighted by Crippen LogP contribution is 2.34. The van der Waals surface area contributed by atoms with Gasteiger partial charge in [0.25, 0.3) is 0 Å². The van der Waals surface area contributed by atoms with E-state index in [-0.39, 0.29) is 48.0 Å². The molecule has 1 aromatic carbocycles. The molecule has 1 unspecified atom stereocenters. The van der Waals surface area contributed by atoms with Gasteiger partial charge in [-0.05, 0) is 24.6 Å². The van der Waals surface area contributed by atoms with Crippen LogP contribution in [0.3, 0.4) is 0 Å². The first-order chi connectivity index (χ1) is 14.1. The molecule has 0 saturated heterocycles. The Balaban J connectivity index is 1.84. The number of hydrogen-bond donors (Lipinski definition) is 1. The van der Waals surface area contributed by atoms with Crippen LogP contribution in [0.1, 0.15) is 28.4 Å². The van der Waals surface area contributed by atoms with Crippen molar-refractivity contribution in [3.8, 4) is 5.75 Å². The number of nitrogens with zero attached hydrogens (tertiary/aromatic N) is 3. The molecule has 3 rings (SSSR count). The second kappa shape index (κ2) is 8.22. The molecule has 0 amide bonds. The molecule has 0 saturated carbocycles. The topological polar surface area (TPSA) is 112 Å². The van der Waals surface area contributed by atoms with Gasteiger partial charge in [0.05, 0.1) is 32.2 Å². The molecule has 0 bridgehead atoms. The molecule has 0 fully saturated rings. The summed E-state index contributed by atoms with van der Waals surface area (Å²) >= 11 is 0. The van der Waals surface area contributed by atoms with Gasteiger partial charge in [-0.3, -0.25) is 0 Å². The van der Waals surface area contributed by atoms with Crippen LogP contribution in [-0.4, -0.2) is 49.5 Å². The third-order valence-corrected chi connectivity index (χ3v) is 6.20. The third-order valence-electron chi connectivity index (χ3n) is 4.78. The Morgan fingerprint density at radius 3 is 2.67 bits per heavy atom. The SMILES string of the molecule is COC(=O)c1ccc(OC)c(S(=O)(=O)NCc2nnc3n2CC(C(F)(F)F)CC3)c1. The number of aryl methyl sites for hydroxylation is 1. The van der Waals surface area contributed by atoms with E-state index >= 15 is 0 Å². The van der Waals surface area contributed by atoms with Crippen molar-refractivity contribution >= 4 is 16.0 Å². The van der Waals surface area contributed by atoms with Crippen LogP contribution >= 0.6 is 0 Å². The fourth-order valence-electron chi connectivity index (χ4n) is 3.15. The molecule has 2 heterocycles. The highest BCUT2D eigenvalue weighted by atomic mass is 32.2. The van der Waals surface area contributed by atoms with E-state index < -0.39 is 28.1 Å². The first kappa shape index (κ1) is 22.0. The summed E-state index contributed by atoms with van der Waals surface area (Å²) in [6, 6.07) is 3.73. The van der Waals surface area contributed by atoms with Gasteiger partial charge in [-0.2, -0.15) is 13.2 Å². The summed E-state index contributed by atoms with van der Waals surface area (Å²) in [5.74, 6) is -1.87. The lowest BCUT2D eigenvalue weighted by molar-refractivity contribution is -0.182. The Morgan fingerprint density at radius 2 is 2.03 bits per heavy atom. The van der Waals surface area contributed by atoms with E-state index in [2.05, 4.69) is 19.7 Å². The van der Waals surface area contributed by atoms with Gasteiger partial charge in [0.2, 0.25) is 10.0 Å². The van der Waals surface area contributed by atoms with E-state index in [1.165, 1.54) is 23.8 Å². The summed E-state index contributed by atoms with van der Waals surface area (Å²) in [6.07, 6.45) is -4.36. The maximum Gasteiger partial charge on any atom is 0.393 e. The number of nitrogens with one attached hydrogen (secondary N) is 1. The number of carbonyl (C=O) groups is 1. The minimum atomic E-state index is -4.36. The Bertz CT molecular complexity index is 1050. The van der Waals surface area contributed by atoms with Gasteiger partial charge >= 0.3 is 12.1 Å². The minimum absolute atomic E-state index is 0.00782. The van der Waals surface area contributed by atoms with Gasteiger partial charge in [-0.1, -0.05) is 0 Å². The summed E-state index contributed by atoms with van der Waals surface area (Å²) in [5.41, 5.74) is -0.00782. The van der Waals surface area contributed by atoms with Crippen molar-refractivity contribution in [3.63, 3.8) is 0 Å². The van der Waals surface area contributed by atoms with E-state index in [0.717, 1.165) is 13.2 Å². The van der Waals surface area contributed by atoms with E-state index in [4.69, 9.17) is 4.74 Å². The number of carbonyl (C=O) groups excluding carboxylic acids is 1. The molecule has 1 N–H and O–H groups in total. The van der Waals surface area contributed by atoms with E-state index in [9.17, 15) is 26.4 Å². The number of fused-ring (bicyclic) bond motifs is 1. The Kier molecular flexibility index (Phi) is 6.04. The molecule has 0 aliphatic carbocycles. The van der Waals surface area contributed by atoms with Crippen molar-refractivity contribution in [3.05, 3.63) is 35.4 Å². The first-order valence-corrected chi connectivity index (χ1v) is 10.3. The summed E-state index contributed by atoms with van der Waals surface area (Å²) in [6.45, 7) is -0.754. The van der Waals surface area contributed by atoms with E-state index in [1.807, 2.05) is 0 Å². The highest BCUT2D eigenvalue weighted by Gasteiger charge is 2.42. The van der Waals surface area contributed by atoms with Gasteiger partial charge in [0.15, 0.2) is 0 Å². The van der Waals surface area contributed by atoms with Crippen LogP contribution in [0.5, 0.6) is 5.75 Å². The summed E-state index contributed by atoms with van der Waals surface area (Å²) in [4.78, 5) is 11.4. The second-order valence-corrected chi connectivity index (χ2v) is 8.34. The maximum absolute atomic E-state index is 13.1. The lowest BCUT2D eigenvalue weighted by Gasteiger charge is -2.26. The smallest absolute Gasteiger partial charge is 0.393 e. The van der Waals surface area contributed by atoms with Crippen LogP contribution < -0.4 is 9.46 Å². The molecule has 1 aromatic heterocycles. The lowest BCUT2D eigenvalue weighted by Crippen LogP contribution is -2.34. The third kappa shape index (κ3) is 4.41. The van der Waals surface area contributed by atoms with Crippen LogP contribution in [0.15, 0.2) is 23.1 Å². The molecule has 1 atom stereocenters. The monoisotopic (exact) mass is 448 g/mol. The van der Waals surface area contributed by atoms with Crippen molar-refractivity contribution in [2.45, 2.75) is 37.0 Å². The number of esters is 1. The van der Waals surface area contributed by atoms with Gasteiger partial charge < -0.3 is 14.0 Å². The number of halogens is 3. The molecule has 1 aliphatic rings. The predicted molar refractivity (Wildman–Crippen MR) is 96.2 cm³/mol. The van der Waals surface area contributed by atoms with E-state index in [1.54, 1.807) is 0 Å². The summed E-state index contributed by atoms with van der Waals surface area (Å²) < 4.78 is 78.0. The molecule has 13 heteroatoms. The van der Waals surface area contributed by atoms with Crippen LogP contribution in [0.2, 0.25) is 0 Å². The summed E-state index contributed by atoms with van der Waals surface area (Å²) in [7, 11) is -1.78. The zero-order valence-corrected chi connectivity index (χ0v) is 16.9. The Hall–Kier alpha value is -2.67. The summed E-state index contributed by atoms with van der Waals surface area (Å²) in [5, 5.41) is 7.68. The number of benzene rings is 1. The van der Waals surface area contributed by atoms with Crippen molar-refractivity contribution in [2.75, 3.05) is 14.2 Å². The van der Waals surface area contributed by atoms with Crippen LogP contribution in [0.4, 0.5) is 13.2 Å². The molecule has 0 spiro atoms. The number of rotatable bonds is 6. The lowest BCUT2D eigenvalue weighted by atomic mass is 9.99. The molecule has 1 aliphatic heterocycles. The normalized spacial score (nSPS) is 16.8. The van der Waals surface area contributed by atoms with Crippen LogP contribution in [-0.2, 0) is 34.3 Å². The molecule has 164 valence electrons. The van der Waals surface area contributed by atoms with Crippen molar-refractivity contribution in [1.29, 1.82) is 0 Å². The van der Waals surface area contributed by atoms with E-state index in [0.29, 0.717) is 5.82 Å². The molecule has 0 radical (unpaired) electrons. The zero-order chi connectivity index (χ0) is 22.1. The second-order valence-electron chi connectivity index (χ2n) is 6.60. The molecule has 2 aromatic rings. The van der Waals surface area contributed by atoms with Crippen molar-refractivity contribution in [1.82, 2.24) is 19.5 Å². The Morgan fingerprint density at radius 1 is 1.30 bits per heavy atom. The van der Waals surface area contributed by atoms with Crippen LogP contribution in [0, 0.1) is 5.92 Å². The van der Waals surface area contributed by atoms with Crippen molar-refractivity contribution in [2.24, 2.45) is 5.92 Å². The fourth-order valence-corrected chi connectivity index (χ4v) is 4.32.